The van der Waals surface area contributed by atoms with Crippen LogP contribution in [0.4, 0.5) is 0 Å². The standard InChI is InChI=1S/C15H20N2O3/c1-10(2)13(18)9-17-14(19)8-5-11-3-6-12(7-4-11)15(16)20/h3-8,10,13,18H,9H2,1-2H3,(H2,16,20)(H,17,19)/b8-5+. The lowest BCUT2D eigenvalue weighted by Crippen LogP contribution is -2.33. The molecule has 0 aliphatic carbocycles. The molecule has 1 rings (SSSR count). The number of carbonyl (C=O) groups is 2. The van der Waals surface area contributed by atoms with Gasteiger partial charge in [-0.2, -0.15) is 0 Å². The van der Waals surface area contributed by atoms with Crippen LogP contribution in [0.15, 0.2) is 30.3 Å². The highest BCUT2D eigenvalue weighted by atomic mass is 16.3. The van der Waals surface area contributed by atoms with Crippen molar-refractivity contribution in [1.82, 2.24) is 5.32 Å². The minimum atomic E-state index is -0.554. The van der Waals surface area contributed by atoms with Gasteiger partial charge in [0.25, 0.3) is 0 Å². The lowest BCUT2D eigenvalue weighted by atomic mass is 10.1. The van der Waals surface area contributed by atoms with Gasteiger partial charge in [-0.05, 0) is 29.7 Å². The second-order valence-electron chi connectivity index (χ2n) is 4.88. The van der Waals surface area contributed by atoms with E-state index in [0.717, 1.165) is 5.56 Å². The van der Waals surface area contributed by atoms with Crippen LogP contribution in [-0.4, -0.2) is 29.6 Å². The maximum atomic E-state index is 11.5. The highest BCUT2D eigenvalue weighted by molar-refractivity contribution is 5.94. The average Bonchev–Trinajstić information content (AvgIpc) is 2.42. The summed E-state index contributed by atoms with van der Waals surface area (Å²) in [6.45, 7) is 3.99. The zero-order valence-corrected chi connectivity index (χ0v) is 11.7. The van der Waals surface area contributed by atoms with E-state index in [2.05, 4.69) is 5.32 Å². The molecule has 0 bridgehead atoms. The number of primary amides is 1. The van der Waals surface area contributed by atoms with Gasteiger partial charge in [-0.1, -0.05) is 26.0 Å². The number of nitrogens with one attached hydrogen (secondary N) is 1. The molecule has 0 heterocycles. The van der Waals surface area contributed by atoms with E-state index in [-0.39, 0.29) is 18.4 Å². The van der Waals surface area contributed by atoms with Crippen LogP contribution in [0.3, 0.4) is 0 Å². The Kier molecular flexibility index (Phi) is 5.93. The summed E-state index contributed by atoms with van der Waals surface area (Å²) in [5.41, 5.74) is 6.34. The van der Waals surface area contributed by atoms with E-state index in [9.17, 15) is 14.7 Å². The molecule has 0 fully saturated rings. The number of aliphatic hydroxyl groups excluding tert-OH is 1. The maximum absolute atomic E-state index is 11.5. The Bertz CT molecular complexity index is 492. The monoisotopic (exact) mass is 276 g/mol. The number of amides is 2. The molecule has 5 heteroatoms. The lowest BCUT2D eigenvalue weighted by Gasteiger charge is -2.13. The summed E-state index contributed by atoms with van der Waals surface area (Å²) in [5.74, 6) is -0.662. The van der Waals surface area contributed by atoms with Gasteiger partial charge in [0.05, 0.1) is 6.10 Å². The molecule has 0 aromatic heterocycles. The topological polar surface area (TPSA) is 92.4 Å². The van der Waals surface area contributed by atoms with Gasteiger partial charge in [0.15, 0.2) is 0 Å². The Hall–Kier alpha value is -2.14. The highest BCUT2D eigenvalue weighted by Gasteiger charge is 2.09. The van der Waals surface area contributed by atoms with Crippen LogP contribution in [0.1, 0.15) is 29.8 Å². The molecule has 108 valence electrons. The fraction of sp³-hybridized carbons (Fsp3) is 0.333. The van der Waals surface area contributed by atoms with Gasteiger partial charge in [0.2, 0.25) is 11.8 Å². The molecular weight excluding hydrogens is 256 g/mol. The van der Waals surface area contributed by atoms with E-state index in [1.165, 1.54) is 6.08 Å². The maximum Gasteiger partial charge on any atom is 0.248 e. The molecule has 20 heavy (non-hydrogen) atoms. The minimum absolute atomic E-state index is 0.0978. The van der Waals surface area contributed by atoms with Crippen molar-refractivity contribution in [3.8, 4) is 0 Å². The predicted octanol–water partition coefficient (Wildman–Crippen LogP) is 0.932. The number of rotatable bonds is 6. The van der Waals surface area contributed by atoms with Gasteiger partial charge in [-0.15, -0.1) is 0 Å². The molecular formula is C15H20N2O3. The smallest absolute Gasteiger partial charge is 0.248 e. The molecule has 1 aromatic carbocycles. The van der Waals surface area contributed by atoms with Crippen molar-refractivity contribution in [3.05, 3.63) is 41.5 Å². The van der Waals surface area contributed by atoms with E-state index in [1.807, 2.05) is 13.8 Å². The van der Waals surface area contributed by atoms with Gasteiger partial charge in [-0.3, -0.25) is 9.59 Å². The molecule has 0 aliphatic heterocycles. The Morgan fingerprint density at radius 3 is 2.40 bits per heavy atom. The summed E-state index contributed by atoms with van der Waals surface area (Å²) in [5, 5.41) is 12.2. The van der Waals surface area contributed by atoms with Gasteiger partial charge in [-0.25, -0.2) is 0 Å². The van der Waals surface area contributed by atoms with Crippen molar-refractivity contribution >= 4 is 17.9 Å². The van der Waals surface area contributed by atoms with Gasteiger partial charge >= 0.3 is 0 Å². The van der Waals surface area contributed by atoms with Crippen LogP contribution in [0.25, 0.3) is 6.08 Å². The quantitative estimate of drug-likeness (QED) is 0.675. The molecule has 1 unspecified atom stereocenters. The van der Waals surface area contributed by atoms with E-state index in [0.29, 0.717) is 5.56 Å². The molecule has 0 aliphatic rings. The Labute approximate surface area is 118 Å². The number of nitrogens with two attached hydrogens (primary N) is 1. The first-order valence-corrected chi connectivity index (χ1v) is 6.44. The summed E-state index contributed by atoms with van der Waals surface area (Å²) in [6.07, 6.45) is 2.45. The molecule has 0 saturated carbocycles. The molecule has 0 saturated heterocycles. The first kappa shape index (κ1) is 15.9. The van der Waals surface area contributed by atoms with Gasteiger partial charge in [0, 0.05) is 18.2 Å². The third-order valence-corrected chi connectivity index (χ3v) is 2.88. The van der Waals surface area contributed by atoms with Crippen molar-refractivity contribution in [1.29, 1.82) is 0 Å². The summed E-state index contributed by atoms with van der Waals surface area (Å²) < 4.78 is 0. The average molecular weight is 276 g/mol. The Morgan fingerprint density at radius 1 is 1.30 bits per heavy atom. The third kappa shape index (κ3) is 5.24. The van der Waals surface area contributed by atoms with Crippen LogP contribution in [-0.2, 0) is 4.79 Å². The lowest BCUT2D eigenvalue weighted by molar-refractivity contribution is -0.117. The summed E-state index contributed by atoms with van der Waals surface area (Å²) >= 11 is 0. The van der Waals surface area contributed by atoms with Crippen LogP contribution < -0.4 is 11.1 Å². The second kappa shape index (κ2) is 7.45. The summed E-state index contributed by atoms with van der Waals surface area (Å²) in [4.78, 5) is 22.4. The molecule has 1 atom stereocenters. The number of aliphatic hydroxyl groups is 1. The third-order valence-electron chi connectivity index (χ3n) is 2.88. The van der Waals surface area contributed by atoms with Crippen LogP contribution in [0, 0.1) is 5.92 Å². The zero-order chi connectivity index (χ0) is 15.1. The highest BCUT2D eigenvalue weighted by Crippen LogP contribution is 2.05. The van der Waals surface area contributed by atoms with Crippen LogP contribution >= 0.6 is 0 Å². The molecule has 4 N–H and O–H groups in total. The van der Waals surface area contributed by atoms with Crippen LogP contribution in [0.5, 0.6) is 0 Å². The van der Waals surface area contributed by atoms with E-state index in [1.54, 1.807) is 30.3 Å². The van der Waals surface area contributed by atoms with Crippen molar-refractivity contribution < 1.29 is 14.7 Å². The van der Waals surface area contributed by atoms with Gasteiger partial charge < -0.3 is 16.2 Å². The summed E-state index contributed by atoms with van der Waals surface area (Å²) in [6, 6.07) is 6.60. The Morgan fingerprint density at radius 2 is 1.90 bits per heavy atom. The van der Waals surface area contributed by atoms with E-state index >= 15 is 0 Å². The number of carbonyl (C=O) groups excluding carboxylic acids is 2. The van der Waals surface area contributed by atoms with Crippen LogP contribution in [0.2, 0.25) is 0 Å². The molecule has 1 aromatic rings. The Balaban J connectivity index is 2.51. The molecule has 0 radical (unpaired) electrons. The van der Waals surface area contributed by atoms with Crippen molar-refractivity contribution in [2.24, 2.45) is 11.7 Å². The van der Waals surface area contributed by atoms with Gasteiger partial charge in [0.1, 0.15) is 0 Å². The predicted molar refractivity (Wildman–Crippen MR) is 77.8 cm³/mol. The number of benzene rings is 1. The van der Waals surface area contributed by atoms with Crippen molar-refractivity contribution in [2.75, 3.05) is 6.54 Å². The fourth-order valence-electron chi connectivity index (χ4n) is 1.43. The van der Waals surface area contributed by atoms with Crippen molar-refractivity contribution in [2.45, 2.75) is 20.0 Å². The van der Waals surface area contributed by atoms with E-state index in [4.69, 9.17) is 5.73 Å². The first-order valence-electron chi connectivity index (χ1n) is 6.44. The molecule has 2 amide bonds. The SMILES string of the molecule is CC(C)C(O)CNC(=O)/C=C/c1ccc(C(N)=O)cc1. The first-order chi connectivity index (χ1) is 9.40. The summed E-state index contributed by atoms with van der Waals surface area (Å²) in [7, 11) is 0. The normalized spacial score (nSPS) is 12.6. The number of hydrogen-bond donors (Lipinski definition) is 3. The zero-order valence-electron chi connectivity index (χ0n) is 11.7. The minimum Gasteiger partial charge on any atom is -0.391 e. The van der Waals surface area contributed by atoms with Crippen molar-refractivity contribution in [3.63, 3.8) is 0 Å². The molecule has 0 spiro atoms. The van der Waals surface area contributed by atoms with E-state index < -0.39 is 12.0 Å². The second-order valence-corrected chi connectivity index (χ2v) is 4.88. The molecule has 5 nitrogen and oxygen atoms in total. The largest absolute Gasteiger partial charge is 0.391 e. The number of hydrogen-bond acceptors (Lipinski definition) is 3. The fourth-order valence-corrected chi connectivity index (χ4v) is 1.43.